The van der Waals surface area contributed by atoms with E-state index in [0.29, 0.717) is 17.7 Å². The molecule has 1 aromatic carbocycles. The van der Waals surface area contributed by atoms with E-state index >= 15 is 0 Å². The van der Waals surface area contributed by atoms with Gasteiger partial charge in [0.05, 0.1) is 18.7 Å². The zero-order valence-corrected chi connectivity index (χ0v) is 14.4. The van der Waals surface area contributed by atoms with Gasteiger partial charge < -0.3 is 20.3 Å². The number of carbonyl (C=O) groups is 1. The third-order valence-electron chi connectivity index (χ3n) is 6.28. The fourth-order valence-corrected chi connectivity index (χ4v) is 4.97. The van der Waals surface area contributed by atoms with Crippen LogP contribution in [0.1, 0.15) is 19.3 Å². The van der Waals surface area contributed by atoms with E-state index < -0.39 is 0 Å². The molecule has 0 spiro atoms. The molecule has 2 N–H and O–H groups in total. The summed E-state index contributed by atoms with van der Waals surface area (Å²) in [4.78, 5) is 17.3. The zero-order valence-electron chi connectivity index (χ0n) is 14.4. The minimum atomic E-state index is 0.0709. The van der Waals surface area contributed by atoms with Crippen molar-refractivity contribution in [1.29, 1.82) is 0 Å². The second kappa shape index (κ2) is 6.28. The largest absolute Gasteiger partial charge is 0.495 e. The van der Waals surface area contributed by atoms with Gasteiger partial charge in [0.15, 0.2) is 0 Å². The highest BCUT2D eigenvalue weighted by Gasteiger charge is 2.50. The van der Waals surface area contributed by atoms with Gasteiger partial charge in [-0.05, 0) is 43.2 Å². The van der Waals surface area contributed by atoms with Crippen molar-refractivity contribution in [3.8, 4) is 5.75 Å². The monoisotopic (exact) mass is 329 g/mol. The Morgan fingerprint density at radius 3 is 2.50 bits per heavy atom. The molecule has 3 fully saturated rings. The molecule has 5 nitrogen and oxygen atoms in total. The fraction of sp³-hybridized carbons (Fsp3) is 0.632. The van der Waals surface area contributed by atoms with Crippen LogP contribution in [0.2, 0.25) is 0 Å². The van der Waals surface area contributed by atoms with E-state index in [0.717, 1.165) is 37.6 Å². The van der Waals surface area contributed by atoms with Crippen LogP contribution in [0.4, 0.5) is 5.69 Å². The number of piperazine rings is 1. The number of fused-ring (bicyclic) bond motifs is 2. The van der Waals surface area contributed by atoms with Gasteiger partial charge >= 0.3 is 0 Å². The minimum Gasteiger partial charge on any atom is -0.495 e. The maximum Gasteiger partial charge on any atom is 0.227 e. The molecule has 4 rings (SSSR count). The normalized spacial score (nSPS) is 32.2. The summed E-state index contributed by atoms with van der Waals surface area (Å²) in [6, 6.07) is 8.18. The summed E-state index contributed by atoms with van der Waals surface area (Å²) in [5.41, 5.74) is 7.47. The number of nitrogens with two attached hydrogens (primary N) is 1. The molecule has 2 aliphatic carbocycles. The van der Waals surface area contributed by atoms with Crippen molar-refractivity contribution in [2.45, 2.75) is 25.3 Å². The Bertz CT molecular complexity index is 610. The lowest BCUT2D eigenvalue weighted by Gasteiger charge is -2.39. The lowest BCUT2D eigenvalue weighted by molar-refractivity contribution is -0.138. The summed E-state index contributed by atoms with van der Waals surface area (Å²) in [5, 5.41) is 0. The summed E-state index contributed by atoms with van der Waals surface area (Å²) >= 11 is 0. The molecule has 1 aliphatic heterocycles. The smallest absolute Gasteiger partial charge is 0.227 e. The Morgan fingerprint density at radius 2 is 1.83 bits per heavy atom. The molecule has 2 saturated carbocycles. The summed E-state index contributed by atoms with van der Waals surface area (Å²) in [5.74, 6) is 2.38. The number of amides is 1. The van der Waals surface area contributed by atoms with E-state index in [4.69, 9.17) is 10.5 Å². The Morgan fingerprint density at radius 1 is 1.12 bits per heavy atom. The topological polar surface area (TPSA) is 58.8 Å². The Kier molecular flexibility index (Phi) is 4.12. The molecular weight excluding hydrogens is 302 g/mol. The maximum atomic E-state index is 13.0. The Labute approximate surface area is 143 Å². The van der Waals surface area contributed by atoms with Crippen molar-refractivity contribution in [2.24, 2.45) is 23.5 Å². The third-order valence-corrected chi connectivity index (χ3v) is 6.28. The number of ether oxygens (including phenoxy) is 1. The van der Waals surface area contributed by atoms with Crippen LogP contribution >= 0.6 is 0 Å². The van der Waals surface area contributed by atoms with Gasteiger partial charge in [0.2, 0.25) is 5.91 Å². The molecule has 24 heavy (non-hydrogen) atoms. The van der Waals surface area contributed by atoms with Crippen LogP contribution in [-0.4, -0.2) is 50.1 Å². The SMILES string of the molecule is COc1ccccc1N1CCN(C(=O)C2C3CCC(C3)C2N)CC1. The lowest BCUT2D eigenvalue weighted by Crippen LogP contribution is -2.54. The van der Waals surface area contributed by atoms with Gasteiger partial charge in [0, 0.05) is 32.2 Å². The number of carbonyl (C=O) groups excluding carboxylic acids is 1. The van der Waals surface area contributed by atoms with Crippen LogP contribution < -0.4 is 15.4 Å². The number of methoxy groups -OCH3 is 1. The molecule has 4 unspecified atom stereocenters. The van der Waals surface area contributed by atoms with Crippen LogP contribution in [0.15, 0.2) is 24.3 Å². The highest BCUT2D eigenvalue weighted by molar-refractivity contribution is 5.81. The Balaban J connectivity index is 1.40. The van der Waals surface area contributed by atoms with Crippen LogP contribution in [-0.2, 0) is 4.79 Å². The summed E-state index contributed by atoms with van der Waals surface area (Å²) in [7, 11) is 1.70. The van der Waals surface area contributed by atoms with Crippen molar-refractivity contribution in [2.75, 3.05) is 38.2 Å². The first-order valence-electron chi connectivity index (χ1n) is 9.11. The van der Waals surface area contributed by atoms with Crippen molar-refractivity contribution in [3.63, 3.8) is 0 Å². The van der Waals surface area contributed by atoms with Crippen molar-refractivity contribution in [1.82, 2.24) is 4.90 Å². The second-order valence-corrected chi connectivity index (χ2v) is 7.42. The number of para-hydroxylation sites is 2. The molecule has 5 heteroatoms. The number of rotatable bonds is 3. The predicted octanol–water partition coefficient (Wildman–Crippen LogP) is 1.72. The van der Waals surface area contributed by atoms with E-state index in [9.17, 15) is 4.79 Å². The van der Waals surface area contributed by atoms with Gasteiger partial charge in [-0.2, -0.15) is 0 Å². The summed E-state index contributed by atoms with van der Waals surface area (Å²) in [6.07, 6.45) is 3.58. The molecule has 0 radical (unpaired) electrons. The first-order chi connectivity index (χ1) is 11.7. The van der Waals surface area contributed by atoms with Crippen LogP contribution in [0.5, 0.6) is 5.75 Å². The van der Waals surface area contributed by atoms with Crippen molar-refractivity contribution in [3.05, 3.63) is 24.3 Å². The fourth-order valence-electron chi connectivity index (χ4n) is 4.97. The molecule has 1 heterocycles. The van der Waals surface area contributed by atoms with Crippen LogP contribution in [0.25, 0.3) is 0 Å². The number of hydrogen-bond acceptors (Lipinski definition) is 4. The van der Waals surface area contributed by atoms with Crippen LogP contribution in [0, 0.1) is 17.8 Å². The molecule has 1 saturated heterocycles. The third kappa shape index (κ3) is 2.55. The number of anilines is 1. The molecule has 4 atom stereocenters. The van der Waals surface area contributed by atoms with E-state index in [1.165, 1.54) is 19.3 Å². The van der Waals surface area contributed by atoms with E-state index in [-0.39, 0.29) is 12.0 Å². The first kappa shape index (κ1) is 15.8. The molecule has 1 aromatic rings. The first-order valence-corrected chi connectivity index (χ1v) is 9.11. The quantitative estimate of drug-likeness (QED) is 0.917. The number of benzene rings is 1. The molecule has 1 amide bonds. The zero-order chi connectivity index (χ0) is 16.7. The highest BCUT2D eigenvalue weighted by Crippen LogP contribution is 2.48. The number of nitrogens with zero attached hydrogens (tertiary/aromatic N) is 2. The van der Waals surface area contributed by atoms with E-state index in [2.05, 4.69) is 11.0 Å². The van der Waals surface area contributed by atoms with Gasteiger partial charge in [-0.3, -0.25) is 4.79 Å². The van der Waals surface area contributed by atoms with Crippen molar-refractivity contribution < 1.29 is 9.53 Å². The Hall–Kier alpha value is -1.75. The molecule has 3 aliphatic rings. The van der Waals surface area contributed by atoms with Gasteiger partial charge in [-0.25, -0.2) is 0 Å². The van der Waals surface area contributed by atoms with E-state index in [1.807, 2.05) is 23.1 Å². The maximum absolute atomic E-state index is 13.0. The predicted molar refractivity (Wildman–Crippen MR) is 94.1 cm³/mol. The van der Waals surface area contributed by atoms with Gasteiger partial charge in [0.25, 0.3) is 0 Å². The van der Waals surface area contributed by atoms with Crippen molar-refractivity contribution >= 4 is 11.6 Å². The minimum absolute atomic E-state index is 0.0709. The average molecular weight is 329 g/mol. The summed E-state index contributed by atoms with van der Waals surface area (Å²) < 4.78 is 5.46. The van der Waals surface area contributed by atoms with Gasteiger partial charge in [-0.1, -0.05) is 12.1 Å². The highest BCUT2D eigenvalue weighted by atomic mass is 16.5. The van der Waals surface area contributed by atoms with Crippen LogP contribution in [0.3, 0.4) is 0 Å². The average Bonchev–Trinajstić information content (AvgIpc) is 3.22. The molecule has 0 aromatic heterocycles. The second-order valence-electron chi connectivity index (χ2n) is 7.42. The molecule has 130 valence electrons. The van der Waals surface area contributed by atoms with Gasteiger partial charge in [-0.15, -0.1) is 0 Å². The molecule has 2 bridgehead atoms. The summed E-state index contributed by atoms with van der Waals surface area (Å²) in [6.45, 7) is 3.25. The number of hydrogen-bond donors (Lipinski definition) is 1. The standard InChI is InChI=1S/C19H27N3O2/c1-24-16-5-3-2-4-15(16)21-8-10-22(11-9-21)19(23)17-13-6-7-14(12-13)18(17)20/h2-5,13-14,17-18H,6-12,20H2,1H3. The lowest BCUT2D eigenvalue weighted by atomic mass is 9.84. The molecular formula is C19H27N3O2. The van der Waals surface area contributed by atoms with E-state index in [1.54, 1.807) is 7.11 Å². The van der Waals surface area contributed by atoms with Gasteiger partial charge in [0.1, 0.15) is 5.75 Å².